The maximum atomic E-state index is 5.50. The fourth-order valence-electron chi connectivity index (χ4n) is 5.48. The van der Waals surface area contributed by atoms with E-state index < -0.39 is 0 Å². The van der Waals surface area contributed by atoms with Gasteiger partial charge in [-0.05, 0) is 81.3 Å². The van der Waals surface area contributed by atoms with Gasteiger partial charge in [0.1, 0.15) is 11.6 Å². The monoisotopic (exact) mass is 456 g/mol. The number of rotatable bonds is 6. The second-order valence-corrected chi connectivity index (χ2v) is 9.38. The smallest absolute Gasteiger partial charge is 0.121 e. The summed E-state index contributed by atoms with van der Waals surface area (Å²) in [7, 11) is 1.73. The first-order valence-corrected chi connectivity index (χ1v) is 12.8. The molecular formula is C29H36N4O. The first-order chi connectivity index (χ1) is 16.8. The predicted molar refractivity (Wildman–Crippen MR) is 140 cm³/mol. The summed E-state index contributed by atoms with van der Waals surface area (Å²) in [4.78, 5) is 4.94. The zero-order valence-electron chi connectivity index (χ0n) is 20.5. The summed E-state index contributed by atoms with van der Waals surface area (Å²) in [5.41, 5.74) is 6.11. The van der Waals surface area contributed by atoms with E-state index >= 15 is 0 Å². The van der Waals surface area contributed by atoms with Crippen molar-refractivity contribution in [2.45, 2.75) is 58.4 Å². The van der Waals surface area contributed by atoms with Crippen LogP contribution in [0.4, 0.5) is 5.69 Å². The fraction of sp³-hybridized carbons (Fsp3) is 0.414. The van der Waals surface area contributed by atoms with Gasteiger partial charge >= 0.3 is 0 Å². The van der Waals surface area contributed by atoms with Gasteiger partial charge in [0.15, 0.2) is 0 Å². The molecule has 2 aromatic carbocycles. The number of fused-ring (bicyclic) bond motifs is 4. The summed E-state index contributed by atoms with van der Waals surface area (Å²) in [5, 5.41) is 3.72. The molecule has 178 valence electrons. The van der Waals surface area contributed by atoms with Crippen LogP contribution in [0.2, 0.25) is 0 Å². The van der Waals surface area contributed by atoms with E-state index in [2.05, 4.69) is 82.2 Å². The standard InChI is InChI=1S/C29H36N4O/c1-3-32-27-14-5-4-13-25(27)31-29(32)15-7-10-22-9-6-11-23-12-8-20-33(23)28-17-16-24(34-2)21-26(28)30-19-18-22/h4-5,8,12-14,16-17,20-22,30H,3,6-7,9-11,15,18-19H2,1-2H3. The van der Waals surface area contributed by atoms with Gasteiger partial charge in [0.25, 0.3) is 0 Å². The number of aromatic nitrogens is 3. The quantitative estimate of drug-likeness (QED) is 0.354. The molecule has 0 fully saturated rings. The Balaban J connectivity index is 1.27. The highest BCUT2D eigenvalue weighted by molar-refractivity contribution is 5.75. The Labute approximate surface area is 202 Å². The molecular weight excluding hydrogens is 420 g/mol. The third kappa shape index (κ3) is 4.70. The Morgan fingerprint density at radius 2 is 2.00 bits per heavy atom. The SMILES string of the molecule is CCn1c(CCCC2CCCc3cccn3-c3ccc(OC)cc3NCC2)nc2ccccc21. The van der Waals surface area contributed by atoms with Crippen LogP contribution in [0, 0.1) is 5.92 Å². The number of nitrogens with one attached hydrogen (secondary N) is 1. The Morgan fingerprint density at radius 1 is 1.09 bits per heavy atom. The predicted octanol–water partition coefficient (Wildman–Crippen LogP) is 6.63. The first kappa shape index (κ1) is 22.6. The van der Waals surface area contributed by atoms with Crippen molar-refractivity contribution in [1.82, 2.24) is 14.1 Å². The average molecular weight is 457 g/mol. The fourth-order valence-corrected chi connectivity index (χ4v) is 5.48. The Morgan fingerprint density at radius 3 is 2.88 bits per heavy atom. The molecule has 0 saturated heterocycles. The minimum Gasteiger partial charge on any atom is -0.497 e. The lowest BCUT2D eigenvalue weighted by molar-refractivity contribution is 0.403. The van der Waals surface area contributed by atoms with Crippen molar-refractivity contribution in [2.24, 2.45) is 5.92 Å². The van der Waals surface area contributed by atoms with Crippen molar-refractivity contribution in [2.75, 3.05) is 19.0 Å². The lowest BCUT2D eigenvalue weighted by Gasteiger charge is -2.18. The number of para-hydroxylation sites is 2. The third-order valence-electron chi connectivity index (χ3n) is 7.27. The molecule has 34 heavy (non-hydrogen) atoms. The van der Waals surface area contributed by atoms with E-state index in [1.54, 1.807) is 7.11 Å². The van der Waals surface area contributed by atoms with Crippen LogP contribution in [0.15, 0.2) is 60.8 Å². The number of benzene rings is 2. The molecule has 5 nitrogen and oxygen atoms in total. The maximum Gasteiger partial charge on any atom is 0.121 e. The second kappa shape index (κ2) is 10.4. The number of ether oxygens (including phenoxy) is 1. The highest BCUT2D eigenvalue weighted by Gasteiger charge is 2.16. The van der Waals surface area contributed by atoms with E-state index in [1.165, 1.54) is 54.8 Å². The van der Waals surface area contributed by atoms with Crippen LogP contribution in [0.5, 0.6) is 5.75 Å². The summed E-state index contributed by atoms with van der Waals surface area (Å²) in [5.74, 6) is 2.85. The average Bonchev–Trinajstić information content (AvgIpc) is 3.46. The zero-order valence-corrected chi connectivity index (χ0v) is 20.5. The van der Waals surface area contributed by atoms with Crippen LogP contribution in [0.3, 0.4) is 0 Å². The molecule has 0 bridgehead atoms. The van der Waals surface area contributed by atoms with Crippen LogP contribution in [-0.2, 0) is 19.4 Å². The number of imidazole rings is 1. The molecule has 4 aromatic rings. The molecule has 0 saturated carbocycles. The zero-order chi connectivity index (χ0) is 23.3. The molecule has 1 aliphatic heterocycles. The van der Waals surface area contributed by atoms with Crippen molar-refractivity contribution >= 4 is 16.7 Å². The van der Waals surface area contributed by atoms with Gasteiger partial charge in [0, 0.05) is 37.5 Å². The molecule has 2 aromatic heterocycles. The van der Waals surface area contributed by atoms with E-state index in [-0.39, 0.29) is 0 Å². The van der Waals surface area contributed by atoms with Crippen LogP contribution in [-0.4, -0.2) is 27.8 Å². The van der Waals surface area contributed by atoms with Crippen LogP contribution in [0.1, 0.15) is 50.5 Å². The van der Waals surface area contributed by atoms with E-state index in [9.17, 15) is 0 Å². The minimum absolute atomic E-state index is 0.725. The molecule has 3 heterocycles. The molecule has 5 heteroatoms. The van der Waals surface area contributed by atoms with Gasteiger partial charge in [-0.25, -0.2) is 4.98 Å². The van der Waals surface area contributed by atoms with Gasteiger partial charge in [-0.3, -0.25) is 0 Å². The normalized spacial score (nSPS) is 16.4. The van der Waals surface area contributed by atoms with Crippen LogP contribution < -0.4 is 10.1 Å². The van der Waals surface area contributed by atoms with Crippen molar-refractivity contribution in [3.63, 3.8) is 0 Å². The summed E-state index contributed by atoms with van der Waals surface area (Å²) in [6.07, 6.45) is 10.5. The molecule has 5 rings (SSSR count). The summed E-state index contributed by atoms with van der Waals surface area (Å²) in [6.45, 7) is 4.18. The van der Waals surface area contributed by atoms with E-state index in [0.717, 1.165) is 48.8 Å². The van der Waals surface area contributed by atoms with Gasteiger partial charge in [-0.2, -0.15) is 0 Å². The van der Waals surface area contributed by atoms with Crippen molar-refractivity contribution in [3.8, 4) is 11.4 Å². The number of aryl methyl sites for hydroxylation is 3. The Hall–Kier alpha value is -3.21. The van der Waals surface area contributed by atoms with Crippen molar-refractivity contribution in [1.29, 1.82) is 0 Å². The topological polar surface area (TPSA) is 44.0 Å². The van der Waals surface area contributed by atoms with E-state index in [4.69, 9.17) is 9.72 Å². The number of methoxy groups -OCH3 is 1. The summed E-state index contributed by atoms with van der Waals surface area (Å²) < 4.78 is 10.2. The molecule has 0 radical (unpaired) electrons. The molecule has 1 unspecified atom stereocenters. The number of anilines is 1. The van der Waals surface area contributed by atoms with Crippen molar-refractivity contribution in [3.05, 3.63) is 72.3 Å². The molecule has 1 atom stereocenters. The minimum atomic E-state index is 0.725. The van der Waals surface area contributed by atoms with E-state index in [0.29, 0.717) is 0 Å². The van der Waals surface area contributed by atoms with Crippen LogP contribution in [0.25, 0.3) is 16.7 Å². The summed E-state index contributed by atoms with van der Waals surface area (Å²) in [6, 6.07) is 19.3. The second-order valence-electron chi connectivity index (χ2n) is 9.38. The van der Waals surface area contributed by atoms with Crippen LogP contribution >= 0.6 is 0 Å². The molecule has 0 spiro atoms. The van der Waals surface area contributed by atoms with Gasteiger partial charge < -0.3 is 19.2 Å². The molecule has 1 aliphatic rings. The molecule has 0 amide bonds. The molecule has 0 aliphatic carbocycles. The van der Waals surface area contributed by atoms with Crippen molar-refractivity contribution < 1.29 is 4.74 Å². The lowest BCUT2D eigenvalue weighted by atomic mass is 9.92. The number of nitrogens with zero attached hydrogens (tertiary/aromatic N) is 3. The Kier molecular flexibility index (Phi) is 6.89. The largest absolute Gasteiger partial charge is 0.497 e. The van der Waals surface area contributed by atoms with Gasteiger partial charge in [-0.15, -0.1) is 0 Å². The van der Waals surface area contributed by atoms with Gasteiger partial charge in [-0.1, -0.05) is 18.6 Å². The Bertz CT molecular complexity index is 1240. The third-order valence-corrected chi connectivity index (χ3v) is 7.27. The first-order valence-electron chi connectivity index (χ1n) is 12.8. The highest BCUT2D eigenvalue weighted by atomic mass is 16.5. The number of hydrogen-bond donors (Lipinski definition) is 1. The lowest BCUT2D eigenvalue weighted by Crippen LogP contribution is -2.11. The maximum absolute atomic E-state index is 5.50. The van der Waals surface area contributed by atoms with E-state index in [1.807, 2.05) is 0 Å². The van der Waals surface area contributed by atoms with Gasteiger partial charge in [0.2, 0.25) is 0 Å². The highest BCUT2D eigenvalue weighted by Crippen LogP contribution is 2.30. The molecule has 1 N–H and O–H groups in total. The van der Waals surface area contributed by atoms with Gasteiger partial charge in [0.05, 0.1) is 29.5 Å². The number of hydrogen-bond acceptors (Lipinski definition) is 3. The summed E-state index contributed by atoms with van der Waals surface area (Å²) >= 11 is 0.